The predicted octanol–water partition coefficient (Wildman–Crippen LogP) is 5.21. The molecule has 0 bridgehead atoms. The van der Waals surface area contributed by atoms with Crippen LogP contribution < -0.4 is 5.32 Å². The molecule has 110 valence electrons. The zero-order valence-electron chi connectivity index (χ0n) is 12.6. The van der Waals surface area contributed by atoms with Crippen LogP contribution in [0.15, 0.2) is 53.0 Å². The normalized spacial score (nSPS) is 22.0. The molecule has 0 spiro atoms. The van der Waals surface area contributed by atoms with E-state index in [-0.39, 0.29) is 0 Å². The topological polar surface area (TPSA) is 12.0 Å². The van der Waals surface area contributed by atoms with Gasteiger partial charge in [0.1, 0.15) is 0 Å². The van der Waals surface area contributed by atoms with E-state index in [2.05, 4.69) is 83.6 Å². The van der Waals surface area contributed by atoms with Crippen molar-refractivity contribution in [2.45, 2.75) is 32.2 Å². The molecule has 0 amide bonds. The summed E-state index contributed by atoms with van der Waals surface area (Å²) in [6.07, 6.45) is 1.29. The molecule has 1 nitrogen and oxygen atoms in total. The van der Waals surface area contributed by atoms with Gasteiger partial charge in [0.2, 0.25) is 0 Å². The Labute approximate surface area is 135 Å². The van der Waals surface area contributed by atoms with Crippen molar-refractivity contribution in [1.29, 1.82) is 0 Å². The summed E-state index contributed by atoms with van der Waals surface area (Å²) in [7, 11) is 0. The second kappa shape index (κ2) is 6.33. The van der Waals surface area contributed by atoms with Gasteiger partial charge < -0.3 is 5.32 Å². The fraction of sp³-hybridized carbons (Fsp3) is 0.368. The molecule has 0 aromatic heterocycles. The van der Waals surface area contributed by atoms with Gasteiger partial charge in [0, 0.05) is 10.5 Å². The van der Waals surface area contributed by atoms with Crippen molar-refractivity contribution >= 4 is 15.9 Å². The lowest BCUT2D eigenvalue weighted by Crippen LogP contribution is -2.24. The zero-order chi connectivity index (χ0) is 14.8. The highest BCUT2D eigenvalue weighted by Gasteiger charge is 2.44. The summed E-state index contributed by atoms with van der Waals surface area (Å²) in [6, 6.07) is 18.0. The van der Waals surface area contributed by atoms with E-state index in [4.69, 9.17) is 0 Å². The van der Waals surface area contributed by atoms with Gasteiger partial charge in [-0.05, 0) is 60.5 Å². The van der Waals surface area contributed by atoms with Crippen LogP contribution >= 0.6 is 15.9 Å². The summed E-state index contributed by atoms with van der Waals surface area (Å²) in [5.41, 5.74) is 4.30. The van der Waals surface area contributed by atoms with Gasteiger partial charge in [-0.3, -0.25) is 0 Å². The fourth-order valence-electron chi connectivity index (χ4n) is 3.32. The van der Waals surface area contributed by atoms with Crippen molar-refractivity contribution in [3.63, 3.8) is 0 Å². The quantitative estimate of drug-likeness (QED) is 0.785. The van der Waals surface area contributed by atoms with Gasteiger partial charge in [0.25, 0.3) is 0 Å². The van der Waals surface area contributed by atoms with Crippen LogP contribution in [0.25, 0.3) is 0 Å². The maximum atomic E-state index is 3.71. The molecular formula is C19H22BrN. The summed E-state index contributed by atoms with van der Waals surface area (Å²) < 4.78 is 1.17. The minimum atomic E-state index is 0.456. The molecule has 1 N–H and O–H groups in total. The van der Waals surface area contributed by atoms with E-state index in [9.17, 15) is 0 Å². The van der Waals surface area contributed by atoms with Gasteiger partial charge in [-0.2, -0.15) is 0 Å². The predicted molar refractivity (Wildman–Crippen MR) is 92.6 cm³/mol. The van der Waals surface area contributed by atoms with Gasteiger partial charge in [-0.15, -0.1) is 0 Å². The van der Waals surface area contributed by atoms with Gasteiger partial charge in [-0.1, -0.05) is 59.3 Å². The number of aryl methyl sites for hydroxylation is 1. The molecule has 2 aromatic carbocycles. The van der Waals surface area contributed by atoms with Crippen LogP contribution in [0.4, 0.5) is 0 Å². The zero-order valence-corrected chi connectivity index (χ0v) is 14.2. The molecule has 1 aliphatic rings. The standard InChI is InChI=1S/C19H22BrN/c1-3-21-19(16-11-15(20)10-9-13(16)2)18-12-17(18)14-7-5-4-6-8-14/h4-11,17-19,21H,3,12H2,1-2H3. The first-order valence-corrected chi connectivity index (χ1v) is 8.54. The van der Waals surface area contributed by atoms with Crippen molar-refractivity contribution in [1.82, 2.24) is 5.32 Å². The number of hydrogen-bond donors (Lipinski definition) is 1. The average Bonchev–Trinajstić information content (AvgIpc) is 3.29. The van der Waals surface area contributed by atoms with Gasteiger partial charge in [0.15, 0.2) is 0 Å². The monoisotopic (exact) mass is 343 g/mol. The van der Waals surface area contributed by atoms with Crippen LogP contribution in [0.3, 0.4) is 0 Å². The highest BCUT2D eigenvalue weighted by molar-refractivity contribution is 9.10. The van der Waals surface area contributed by atoms with Crippen molar-refractivity contribution in [3.05, 3.63) is 69.7 Å². The molecule has 1 aliphatic carbocycles. The molecule has 0 heterocycles. The molecule has 1 saturated carbocycles. The Morgan fingerprint density at radius 2 is 1.95 bits per heavy atom. The Morgan fingerprint density at radius 3 is 2.67 bits per heavy atom. The molecule has 0 aliphatic heterocycles. The summed E-state index contributed by atoms with van der Waals surface area (Å²) in [4.78, 5) is 0. The van der Waals surface area contributed by atoms with Crippen LogP contribution in [0.1, 0.15) is 42.0 Å². The van der Waals surface area contributed by atoms with Crippen molar-refractivity contribution in [2.75, 3.05) is 6.54 Å². The van der Waals surface area contributed by atoms with E-state index in [0.29, 0.717) is 17.9 Å². The van der Waals surface area contributed by atoms with E-state index >= 15 is 0 Å². The minimum Gasteiger partial charge on any atom is -0.310 e. The molecule has 21 heavy (non-hydrogen) atoms. The van der Waals surface area contributed by atoms with Gasteiger partial charge in [-0.25, -0.2) is 0 Å². The molecule has 2 aromatic rings. The highest BCUT2D eigenvalue weighted by Crippen LogP contribution is 2.54. The SMILES string of the molecule is CCNC(c1cc(Br)ccc1C)C1CC1c1ccccc1. The largest absolute Gasteiger partial charge is 0.310 e. The third kappa shape index (κ3) is 3.22. The Morgan fingerprint density at radius 1 is 1.19 bits per heavy atom. The van der Waals surface area contributed by atoms with E-state index in [1.807, 2.05) is 0 Å². The third-order valence-electron chi connectivity index (χ3n) is 4.50. The summed E-state index contributed by atoms with van der Waals surface area (Å²) in [5, 5.41) is 3.71. The van der Waals surface area contributed by atoms with Crippen LogP contribution in [0, 0.1) is 12.8 Å². The first-order chi connectivity index (χ1) is 10.2. The lowest BCUT2D eigenvalue weighted by molar-refractivity contribution is 0.485. The van der Waals surface area contributed by atoms with Crippen LogP contribution in [-0.2, 0) is 0 Å². The van der Waals surface area contributed by atoms with Gasteiger partial charge in [0.05, 0.1) is 0 Å². The van der Waals surface area contributed by atoms with E-state index < -0.39 is 0 Å². The lowest BCUT2D eigenvalue weighted by Gasteiger charge is -2.21. The van der Waals surface area contributed by atoms with E-state index in [1.165, 1.54) is 27.6 Å². The Hall–Kier alpha value is -1.12. The molecule has 3 atom stereocenters. The molecule has 2 heteroatoms. The molecule has 3 rings (SSSR count). The molecule has 1 fully saturated rings. The number of hydrogen-bond acceptors (Lipinski definition) is 1. The highest BCUT2D eigenvalue weighted by atomic mass is 79.9. The van der Waals surface area contributed by atoms with Gasteiger partial charge >= 0.3 is 0 Å². The van der Waals surface area contributed by atoms with E-state index in [1.54, 1.807) is 0 Å². The second-order valence-corrected chi connectivity index (χ2v) is 6.87. The molecular weight excluding hydrogens is 322 g/mol. The maximum Gasteiger partial charge on any atom is 0.0357 e. The first kappa shape index (κ1) is 14.8. The smallest absolute Gasteiger partial charge is 0.0357 e. The Balaban J connectivity index is 1.85. The number of nitrogens with one attached hydrogen (secondary N) is 1. The second-order valence-electron chi connectivity index (χ2n) is 5.95. The van der Waals surface area contributed by atoms with E-state index in [0.717, 1.165) is 6.54 Å². The minimum absolute atomic E-state index is 0.456. The first-order valence-electron chi connectivity index (χ1n) is 7.75. The number of halogens is 1. The maximum absolute atomic E-state index is 3.71. The fourth-order valence-corrected chi connectivity index (χ4v) is 3.70. The molecule has 0 radical (unpaired) electrons. The van der Waals surface area contributed by atoms with Crippen molar-refractivity contribution in [2.24, 2.45) is 5.92 Å². The molecule has 0 saturated heterocycles. The number of rotatable bonds is 5. The van der Waals surface area contributed by atoms with Crippen LogP contribution in [0.5, 0.6) is 0 Å². The third-order valence-corrected chi connectivity index (χ3v) is 4.99. The lowest BCUT2D eigenvalue weighted by atomic mass is 9.95. The summed E-state index contributed by atoms with van der Waals surface area (Å²) >= 11 is 3.62. The van der Waals surface area contributed by atoms with Crippen molar-refractivity contribution < 1.29 is 0 Å². The average molecular weight is 344 g/mol. The number of benzene rings is 2. The summed E-state index contributed by atoms with van der Waals surface area (Å²) in [5.74, 6) is 1.41. The van der Waals surface area contributed by atoms with Crippen LogP contribution in [0.2, 0.25) is 0 Å². The summed E-state index contributed by atoms with van der Waals surface area (Å²) in [6.45, 7) is 5.42. The Bertz CT molecular complexity index is 608. The Kier molecular flexibility index (Phi) is 4.46. The van der Waals surface area contributed by atoms with Crippen LogP contribution in [-0.4, -0.2) is 6.54 Å². The molecule has 3 unspecified atom stereocenters. The van der Waals surface area contributed by atoms with Crippen molar-refractivity contribution in [3.8, 4) is 0 Å².